The minimum Gasteiger partial charge on any atom is -0.462 e. The number of esters is 1. The highest BCUT2D eigenvalue weighted by molar-refractivity contribution is 6.13. The topological polar surface area (TPSA) is 55.7 Å². The lowest BCUT2D eigenvalue weighted by Gasteiger charge is -2.15. The maximum Gasteiger partial charge on any atom is 0.341 e. The lowest BCUT2D eigenvalue weighted by molar-refractivity contribution is -0.858. The third kappa shape index (κ3) is 3.78. The van der Waals surface area contributed by atoms with Crippen LogP contribution in [0.15, 0.2) is 42.6 Å². The van der Waals surface area contributed by atoms with Gasteiger partial charge in [-0.3, -0.25) is 4.98 Å². The van der Waals surface area contributed by atoms with Gasteiger partial charge in [0.15, 0.2) is 0 Å². The summed E-state index contributed by atoms with van der Waals surface area (Å²) in [6, 6.07) is 12.3. The van der Waals surface area contributed by atoms with Gasteiger partial charge in [-0.05, 0) is 12.3 Å². The molecule has 2 aromatic carbocycles. The lowest BCUT2D eigenvalue weighted by atomic mass is 10.0. The van der Waals surface area contributed by atoms with Gasteiger partial charge in [-0.1, -0.05) is 36.4 Å². The zero-order valence-electron chi connectivity index (χ0n) is 15.6. The largest absolute Gasteiger partial charge is 0.462 e. The molecule has 136 valence electrons. The van der Waals surface area contributed by atoms with Crippen LogP contribution >= 0.6 is 0 Å². The van der Waals surface area contributed by atoms with Gasteiger partial charge < -0.3 is 15.0 Å². The van der Waals surface area contributed by atoms with Crippen molar-refractivity contribution in [3.05, 3.63) is 48.2 Å². The molecule has 0 saturated heterocycles. The summed E-state index contributed by atoms with van der Waals surface area (Å²) in [4.78, 5) is 18.4. The first kappa shape index (κ1) is 18.1. The molecule has 0 bridgehead atoms. The van der Waals surface area contributed by atoms with E-state index in [2.05, 4.69) is 42.6 Å². The number of hydrogen-bond donors (Lipinski definition) is 2. The average Bonchev–Trinajstić information content (AvgIpc) is 2.64. The number of nitrogens with zero attached hydrogens (tertiary/aromatic N) is 1. The number of carbonyl (C=O) groups excluding carboxylic acids is 1. The Bertz CT molecular complexity index is 922. The third-order valence-corrected chi connectivity index (χ3v) is 4.41. The van der Waals surface area contributed by atoms with Gasteiger partial charge in [0, 0.05) is 29.9 Å². The molecule has 3 aromatic rings. The standard InChI is InChI=1S/C21H25N3O2/c1-4-26-21(25)18-14-23-19-16-9-6-5-8-15(16)10-11-17(19)20(18)22-12-7-13-24(2)3/h5-6,8-11,14H,4,7,12-13H2,1-3H3,(H,22,23)/p+1. The van der Waals surface area contributed by atoms with Crippen molar-refractivity contribution in [3.8, 4) is 0 Å². The van der Waals surface area contributed by atoms with Crippen molar-refractivity contribution in [2.24, 2.45) is 0 Å². The number of fused-ring (bicyclic) bond motifs is 3. The number of hydrogen-bond acceptors (Lipinski definition) is 4. The number of pyridine rings is 1. The van der Waals surface area contributed by atoms with Crippen molar-refractivity contribution in [1.29, 1.82) is 0 Å². The molecule has 0 saturated carbocycles. The second kappa shape index (κ2) is 8.15. The molecular weight excluding hydrogens is 326 g/mol. The number of carbonyl (C=O) groups is 1. The number of benzene rings is 2. The molecule has 2 N–H and O–H groups in total. The molecule has 0 spiro atoms. The minimum atomic E-state index is -0.337. The van der Waals surface area contributed by atoms with E-state index < -0.39 is 0 Å². The molecule has 0 atom stereocenters. The molecule has 1 aromatic heterocycles. The van der Waals surface area contributed by atoms with E-state index in [9.17, 15) is 4.79 Å². The predicted molar refractivity (Wildman–Crippen MR) is 106 cm³/mol. The van der Waals surface area contributed by atoms with E-state index in [1.807, 2.05) is 25.1 Å². The van der Waals surface area contributed by atoms with Crippen LogP contribution in [0.2, 0.25) is 0 Å². The molecule has 26 heavy (non-hydrogen) atoms. The van der Waals surface area contributed by atoms with Crippen LogP contribution in [0.5, 0.6) is 0 Å². The molecule has 0 amide bonds. The molecule has 1 heterocycles. The van der Waals surface area contributed by atoms with Gasteiger partial charge in [-0.25, -0.2) is 4.79 Å². The van der Waals surface area contributed by atoms with E-state index in [0.717, 1.165) is 46.9 Å². The van der Waals surface area contributed by atoms with Gasteiger partial charge in [-0.2, -0.15) is 0 Å². The van der Waals surface area contributed by atoms with E-state index in [4.69, 9.17) is 4.74 Å². The first-order chi connectivity index (χ1) is 12.6. The predicted octanol–water partition coefficient (Wildman–Crippen LogP) is 2.51. The first-order valence-electron chi connectivity index (χ1n) is 9.12. The fraction of sp³-hybridized carbons (Fsp3) is 0.333. The van der Waals surface area contributed by atoms with Crippen molar-refractivity contribution < 1.29 is 14.4 Å². The fourth-order valence-electron chi connectivity index (χ4n) is 3.14. The van der Waals surface area contributed by atoms with Gasteiger partial charge in [-0.15, -0.1) is 0 Å². The Hall–Kier alpha value is -2.66. The molecule has 0 aliphatic rings. The van der Waals surface area contributed by atoms with Gasteiger partial charge in [0.25, 0.3) is 0 Å². The zero-order chi connectivity index (χ0) is 18.5. The first-order valence-corrected chi connectivity index (χ1v) is 9.12. The molecule has 0 unspecified atom stereocenters. The highest BCUT2D eigenvalue weighted by atomic mass is 16.5. The number of nitrogens with one attached hydrogen (secondary N) is 2. The second-order valence-corrected chi connectivity index (χ2v) is 6.69. The van der Waals surface area contributed by atoms with Gasteiger partial charge in [0.05, 0.1) is 38.5 Å². The summed E-state index contributed by atoms with van der Waals surface area (Å²) in [7, 11) is 4.27. The van der Waals surface area contributed by atoms with Crippen LogP contribution < -0.4 is 10.2 Å². The molecule has 0 aliphatic carbocycles. The van der Waals surface area contributed by atoms with E-state index in [-0.39, 0.29) is 5.97 Å². The van der Waals surface area contributed by atoms with Gasteiger partial charge in [0.2, 0.25) is 0 Å². The summed E-state index contributed by atoms with van der Waals surface area (Å²) in [5.74, 6) is -0.337. The molecule has 5 heteroatoms. The van der Waals surface area contributed by atoms with E-state index in [1.165, 1.54) is 4.90 Å². The monoisotopic (exact) mass is 352 g/mol. The summed E-state index contributed by atoms with van der Waals surface area (Å²) in [5, 5.41) is 6.63. The Labute approximate surface area is 154 Å². The summed E-state index contributed by atoms with van der Waals surface area (Å²) in [6.45, 7) is 4.02. The van der Waals surface area contributed by atoms with E-state index in [1.54, 1.807) is 6.20 Å². The SMILES string of the molecule is CCOC(=O)c1cnc2c(ccc3ccccc32)c1NCCC[NH+](C)C. The zero-order valence-corrected chi connectivity index (χ0v) is 15.6. The van der Waals surface area contributed by atoms with Crippen LogP contribution in [-0.4, -0.2) is 44.7 Å². The highest BCUT2D eigenvalue weighted by Gasteiger charge is 2.17. The van der Waals surface area contributed by atoms with Gasteiger partial charge in [0.1, 0.15) is 5.56 Å². The summed E-state index contributed by atoms with van der Waals surface area (Å²) < 4.78 is 5.23. The Kier molecular flexibility index (Phi) is 5.68. The maximum absolute atomic E-state index is 12.4. The molecule has 0 radical (unpaired) electrons. The minimum absolute atomic E-state index is 0.337. The fourth-order valence-corrected chi connectivity index (χ4v) is 3.14. The van der Waals surface area contributed by atoms with Crippen molar-refractivity contribution in [2.75, 3.05) is 39.1 Å². The number of rotatable bonds is 7. The van der Waals surface area contributed by atoms with Crippen molar-refractivity contribution in [3.63, 3.8) is 0 Å². The molecular formula is C21H26N3O2+. The maximum atomic E-state index is 12.4. The Morgan fingerprint density at radius 1 is 1.15 bits per heavy atom. The Balaban J connectivity index is 2.06. The summed E-state index contributed by atoms with van der Waals surface area (Å²) in [5.41, 5.74) is 2.21. The molecule has 0 aliphatic heterocycles. The number of quaternary nitrogens is 1. The highest BCUT2D eigenvalue weighted by Crippen LogP contribution is 2.31. The Morgan fingerprint density at radius 2 is 1.96 bits per heavy atom. The van der Waals surface area contributed by atoms with Crippen LogP contribution in [0.4, 0.5) is 5.69 Å². The number of aromatic nitrogens is 1. The number of anilines is 1. The van der Waals surface area contributed by atoms with E-state index in [0.29, 0.717) is 12.2 Å². The normalized spacial score (nSPS) is 11.2. The second-order valence-electron chi connectivity index (χ2n) is 6.69. The van der Waals surface area contributed by atoms with Crippen molar-refractivity contribution >= 4 is 33.3 Å². The van der Waals surface area contributed by atoms with Crippen LogP contribution in [0, 0.1) is 0 Å². The quantitative estimate of drug-likeness (QED) is 0.390. The smallest absolute Gasteiger partial charge is 0.341 e. The molecule has 3 rings (SSSR count). The molecule has 0 fully saturated rings. The van der Waals surface area contributed by atoms with Crippen LogP contribution in [0.3, 0.4) is 0 Å². The van der Waals surface area contributed by atoms with Crippen LogP contribution in [0.25, 0.3) is 21.7 Å². The van der Waals surface area contributed by atoms with Crippen molar-refractivity contribution in [1.82, 2.24) is 4.98 Å². The molecule has 5 nitrogen and oxygen atoms in total. The third-order valence-electron chi connectivity index (χ3n) is 4.41. The average molecular weight is 352 g/mol. The van der Waals surface area contributed by atoms with Crippen LogP contribution in [0.1, 0.15) is 23.7 Å². The van der Waals surface area contributed by atoms with E-state index >= 15 is 0 Å². The van der Waals surface area contributed by atoms with Crippen molar-refractivity contribution in [2.45, 2.75) is 13.3 Å². The Morgan fingerprint density at radius 3 is 2.73 bits per heavy atom. The lowest BCUT2D eigenvalue weighted by Crippen LogP contribution is -3.05. The number of ether oxygens (including phenoxy) is 1. The van der Waals surface area contributed by atoms with Gasteiger partial charge >= 0.3 is 5.97 Å². The summed E-state index contributed by atoms with van der Waals surface area (Å²) >= 11 is 0. The summed E-state index contributed by atoms with van der Waals surface area (Å²) in [6.07, 6.45) is 2.65. The van der Waals surface area contributed by atoms with Crippen LogP contribution in [-0.2, 0) is 4.74 Å².